The zero-order chi connectivity index (χ0) is 90.6. The Kier molecular flexibility index (Phi) is 26.3. The molecule has 5 saturated carbocycles. The van der Waals surface area contributed by atoms with Gasteiger partial charge in [-0.25, -0.2) is 44.9 Å². The number of pyridine rings is 6. The lowest BCUT2D eigenvalue weighted by Crippen LogP contribution is -2.19. The van der Waals surface area contributed by atoms with Crippen LogP contribution in [0.3, 0.4) is 0 Å². The molecule has 0 atom stereocenters. The summed E-state index contributed by atoms with van der Waals surface area (Å²) in [6.45, 7) is 3.61. The zero-order valence-corrected chi connectivity index (χ0v) is 73.0. The molecule has 0 spiro atoms. The summed E-state index contributed by atoms with van der Waals surface area (Å²) in [5.74, 6) is 7.70. The van der Waals surface area contributed by atoms with Crippen LogP contribution in [0.1, 0.15) is 119 Å². The quantitative estimate of drug-likeness (QED) is 0.0182. The van der Waals surface area contributed by atoms with Gasteiger partial charge >= 0.3 is 0 Å². The number of para-hydroxylation sites is 4. The van der Waals surface area contributed by atoms with Crippen molar-refractivity contribution in [2.45, 2.75) is 78.1 Å². The van der Waals surface area contributed by atoms with E-state index < -0.39 is 0 Å². The fourth-order valence-corrected chi connectivity index (χ4v) is 14.0. The summed E-state index contributed by atoms with van der Waals surface area (Å²) >= 11 is 0. The zero-order valence-electron chi connectivity index (χ0n) is 73.0. The van der Waals surface area contributed by atoms with Crippen molar-refractivity contribution >= 4 is 115 Å². The summed E-state index contributed by atoms with van der Waals surface area (Å²) in [5.41, 5.74) is 10.0. The van der Waals surface area contributed by atoms with Crippen LogP contribution < -0.4 is 61.5 Å². The van der Waals surface area contributed by atoms with Gasteiger partial charge in [-0.2, -0.15) is 20.1 Å². The molecule has 37 heteroatoms. The van der Waals surface area contributed by atoms with E-state index in [4.69, 9.17) is 18.9 Å². The summed E-state index contributed by atoms with van der Waals surface area (Å²) in [5, 5.41) is 50.8. The Morgan fingerprint density at radius 3 is 0.923 bits per heavy atom. The number of hydrogen-bond donors (Lipinski definition) is 8. The highest BCUT2D eigenvalue weighted by Crippen LogP contribution is 2.46. The van der Waals surface area contributed by atoms with E-state index in [0.29, 0.717) is 155 Å². The summed E-state index contributed by atoms with van der Waals surface area (Å²) in [6.07, 6.45) is 23.6. The van der Waals surface area contributed by atoms with E-state index in [1.165, 1.54) is 17.2 Å². The highest BCUT2D eigenvalue weighted by atomic mass is 16.5. The largest absolute Gasteiger partial charge is 0.494 e. The Balaban J connectivity index is 0.000000127. The number of Topliss-reactive ketones (excluding diaryl/α,β-unsaturated/α-hetero) is 4. The van der Waals surface area contributed by atoms with Gasteiger partial charge in [0, 0.05) is 118 Å². The number of tetrazole rings is 1. The predicted molar refractivity (Wildman–Crippen MR) is 488 cm³/mol. The van der Waals surface area contributed by atoms with Gasteiger partial charge in [0.05, 0.1) is 125 Å². The van der Waals surface area contributed by atoms with Crippen molar-refractivity contribution in [2.24, 2.45) is 63.7 Å². The van der Waals surface area contributed by atoms with Gasteiger partial charge in [0.15, 0.2) is 63.6 Å². The molecule has 10 heterocycles. The van der Waals surface area contributed by atoms with Crippen LogP contribution >= 0.6 is 0 Å². The van der Waals surface area contributed by atoms with Crippen LogP contribution in [0.4, 0.5) is 80.4 Å². The number of carbonyl (C=O) groups is 6. The maximum Gasteiger partial charge on any atom is 0.228 e. The molecule has 37 nitrogen and oxygen atoms in total. The van der Waals surface area contributed by atoms with Crippen LogP contribution in [-0.4, -0.2) is 158 Å². The minimum absolute atomic E-state index is 0.0272. The Hall–Kier alpha value is -16.1. The van der Waals surface area contributed by atoms with E-state index >= 15 is 0 Å². The van der Waals surface area contributed by atoms with Crippen molar-refractivity contribution in [3.63, 3.8) is 0 Å². The van der Waals surface area contributed by atoms with Crippen LogP contribution in [0.2, 0.25) is 0 Å². The average Bonchev–Trinajstić information content (AvgIpc) is 1.77. The third-order valence-corrected chi connectivity index (χ3v) is 21.5. The molecule has 130 heavy (non-hydrogen) atoms. The fourth-order valence-electron chi connectivity index (χ4n) is 14.0. The fraction of sp³-hybridized carbons (Fsp3) is 0.280. The van der Waals surface area contributed by atoms with E-state index in [2.05, 4.69) is 118 Å². The lowest BCUT2D eigenvalue weighted by molar-refractivity contribution is -0.119. The summed E-state index contributed by atoms with van der Waals surface area (Å²) in [4.78, 5) is 117. The normalized spacial score (nSPS) is 13.6. The second kappa shape index (κ2) is 39.2. The number of hydrogen-bond acceptors (Lipinski definition) is 31. The number of benzene rings is 4. The number of methoxy groups -OCH3 is 4. The van der Waals surface area contributed by atoms with Gasteiger partial charge in [0.1, 0.15) is 53.9 Å². The van der Waals surface area contributed by atoms with Gasteiger partial charge < -0.3 is 61.5 Å². The molecule has 2 amide bonds. The maximum absolute atomic E-state index is 13.0. The molecule has 5 fully saturated rings. The molecule has 0 bridgehead atoms. The number of nitrogens with one attached hydrogen (secondary N) is 8. The van der Waals surface area contributed by atoms with E-state index in [9.17, 15) is 28.8 Å². The van der Waals surface area contributed by atoms with Gasteiger partial charge in [-0.3, -0.25) is 42.8 Å². The first-order chi connectivity index (χ1) is 63.1. The third kappa shape index (κ3) is 21.2. The van der Waals surface area contributed by atoms with Crippen molar-refractivity contribution in [3.8, 4) is 68.5 Å². The third-order valence-electron chi connectivity index (χ3n) is 21.5. The van der Waals surface area contributed by atoms with Crippen molar-refractivity contribution in [1.82, 2.24) is 94.4 Å². The lowest BCUT2D eigenvalue weighted by Gasteiger charge is -2.17. The number of amides is 2. The number of carbonyl (C=O) groups excluding carboxylic acids is 6. The summed E-state index contributed by atoms with van der Waals surface area (Å²) in [7, 11) is 13.4. The number of aryl methyl sites for hydroxylation is 4. The number of nitrogens with zero attached hydrogens (tertiary/aromatic N) is 19. The van der Waals surface area contributed by atoms with E-state index in [1.807, 2.05) is 149 Å². The Labute approximate surface area is 746 Å². The van der Waals surface area contributed by atoms with Crippen LogP contribution in [0.25, 0.3) is 45.6 Å². The lowest BCUT2D eigenvalue weighted by atomic mass is 10.1. The van der Waals surface area contributed by atoms with Crippen LogP contribution in [0.15, 0.2) is 190 Å². The van der Waals surface area contributed by atoms with E-state index in [1.54, 1.807) is 112 Å². The Bertz CT molecular complexity index is 6130. The topological polar surface area (TPSA) is 449 Å². The molecule has 8 N–H and O–H groups in total. The number of rotatable bonds is 32. The monoisotopic (exact) mass is 1750 g/mol. The number of ketones is 4. The van der Waals surface area contributed by atoms with Gasteiger partial charge in [-0.15, -0.1) is 10.2 Å². The van der Waals surface area contributed by atoms with Crippen LogP contribution in [-0.2, 0) is 37.8 Å². The minimum Gasteiger partial charge on any atom is -0.494 e. The van der Waals surface area contributed by atoms with Gasteiger partial charge in [0.25, 0.3) is 0 Å². The molecule has 5 aliphatic carbocycles. The van der Waals surface area contributed by atoms with Crippen molar-refractivity contribution in [3.05, 3.63) is 212 Å². The molecule has 10 aromatic heterocycles. The summed E-state index contributed by atoms with van der Waals surface area (Å²) < 4.78 is 27.7. The molecule has 5 aliphatic rings. The van der Waals surface area contributed by atoms with Crippen molar-refractivity contribution < 1.29 is 47.7 Å². The van der Waals surface area contributed by atoms with Gasteiger partial charge in [0.2, 0.25) is 17.6 Å². The summed E-state index contributed by atoms with van der Waals surface area (Å²) in [6, 6.07) is 40.7. The molecule has 662 valence electrons. The Morgan fingerprint density at radius 2 is 0.646 bits per heavy atom. The van der Waals surface area contributed by atoms with E-state index in [0.717, 1.165) is 80.9 Å². The molecule has 14 aromatic rings. The molecule has 0 unspecified atom stereocenters. The van der Waals surface area contributed by atoms with Gasteiger partial charge in [-0.1, -0.05) is 50.2 Å². The maximum atomic E-state index is 13.0. The SMILES string of the molecule is COc1c(Nc2cc(NC(=O)C(C)C)ncc2C(=O)C2CC2)cccc1-c1ncn(C)n1.COc1c(Nc2cc(NC(=O)C3CC3)ncc2C(=O)C2CC2)cccc1-c1nnn(C)n1.COc1c(Nc2cc(Nc3ccccn3)ncc2C(=O)C2CC2)cccc1-c1ncn(C)n1.COc1c(Nc2cc(Nc3ccccn3)ncc2C(=O)C2CC2)cccc1-c1ncn(C)n1. The second-order valence-electron chi connectivity index (χ2n) is 32.0. The molecule has 4 aromatic carbocycles. The Morgan fingerprint density at radius 1 is 0.331 bits per heavy atom. The highest BCUT2D eigenvalue weighted by Gasteiger charge is 2.37. The minimum atomic E-state index is -0.191. The predicted octanol–water partition coefficient (Wildman–Crippen LogP) is 15.5. The molecular formula is C93H95N27O10. The van der Waals surface area contributed by atoms with Crippen molar-refractivity contribution in [1.29, 1.82) is 0 Å². The number of anilines is 14. The standard InChI is InChI=1S/2C24H23N7O2.C23H26N6O3.C22H23N7O3/c2*1-31-14-27-24(30-31)16-6-5-7-18(23(16)33-2)28-19-12-21(29-20-8-3-4-11-25-20)26-13-17(19)22(32)15-9-10-15;1-13(2)23(31)27-19-10-18(16(11-24-19)20(30)14-8-9-14)26-17-7-5-6-15(21(17)32-4)22-25-12-29(3)28-22;1-29-27-21(26-28-29)14-4-3-5-16(20(14)32-2)24-17-10-18(25-22(31)13-8-9-13)23-11-15(17)19(30)12-6-7-12/h2*3-8,11-15H,9-10H2,1-2H3,(H2,25,26,28,29);5-7,10-14H,8-9H2,1-4H3,(H2,24,26,27,31);3-5,10-13H,6-9H2,1-2H3,(H2,23,24,25,31). The van der Waals surface area contributed by atoms with Crippen LogP contribution in [0.5, 0.6) is 23.0 Å². The molecule has 0 aliphatic heterocycles. The second-order valence-corrected chi connectivity index (χ2v) is 32.0. The average molecular weight is 1750 g/mol. The molecule has 0 radical (unpaired) electrons. The first kappa shape index (κ1) is 87.4. The number of aromatic nitrogens is 19. The van der Waals surface area contributed by atoms with Crippen molar-refractivity contribution in [2.75, 3.05) is 71.0 Å². The first-order valence-electron chi connectivity index (χ1n) is 42.4. The van der Waals surface area contributed by atoms with Gasteiger partial charge in [-0.05, 0) is 142 Å². The highest BCUT2D eigenvalue weighted by molar-refractivity contribution is 6.08. The number of ether oxygens (including phenoxy) is 4. The van der Waals surface area contributed by atoms with Crippen LogP contribution in [0, 0.1) is 35.5 Å². The smallest absolute Gasteiger partial charge is 0.228 e. The van der Waals surface area contributed by atoms with E-state index in [-0.39, 0.29) is 70.5 Å². The molecule has 0 saturated heterocycles. The first-order valence-corrected chi connectivity index (χ1v) is 42.4. The molecular weight excluding hydrogens is 1660 g/mol. The molecule has 19 rings (SSSR count).